The van der Waals surface area contributed by atoms with Crippen LogP contribution >= 0.6 is 0 Å². The van der Waals surface area contributed by atoms with Crippen LogP contribution in [-0.2, 0) is 0 Å². The largest absolute Gasteiger partial charge is 0.392 e. The average molecular weight is 134 g/mol. The van der Waals surface area contributed by atoms with E-state index in [0.29, 0.717) is 0 Å². The fraction of sp³-hybridized carbons (Fsp3) is 1.00. The van der Waals surface area contributed by atoms with Crippen LogP contribution in [0.5, 0.6) is 0 Å². The number of hydrogen-bond donors (Lipinski definition) is 3. The van der Waals surface area contributed by atoms with Gasteiger partial charge in [0.05, 0.1) is 6.10 Å². The molecule has 0 amide bonds. The molecule has 0 aliphatic heterocycles. The highest BCUT2D eigenvalue weighted by atomic mass is 16.3. The molecule has 0 aliphatic carbocycles. The molecular formula is C6H18N2O. The third-order valence-electron chi connectivity index (χ3n) is 1.19. The smallest absolute Gasteiger partial charge is 0.0688 e. The Hall–Kier alpha value is -0.120. The fourth-order valence-corrected chi connectivity index (χ4v) is 0.559. The predicted molar refractivity (Wildman–Crippen MR) is 39.6 cm³/mol. The number of aliphatic hydroxyl groups excluding tert-OH is 1. The highest BCUT2D eigenvalue weighted by molar-refractivity contribution is 4.64. The SMILES string of the molecule is CCCC(O)C(C)N.N. The molecule has 0 spiro atoms. The molecule has 0 fully saturated rings. The Morgan fingerprint density at radius 3 is 2.11 bits per heavy atom. The van der Waals surface area contributed by atoms with E-state index < -0.39 is 0 Å². The topological polar surface area (TPSA) is 81.2 Å². The zero-order valence-corrected chi connectivity index (χ0v) is 6.30. The van der Waals surface area contributed by atoms with Crippen LogP contribution in [0, 0.1) is 0 Å². The van der Waals surface area contributed by atoms with Crippen molar-refractivity contribution < 1.29 is 5.11 Å². The van der Waals surface area contributed by atoms with Crippen LogP contribution in [0.1, 0.15) is 26.7 Å². The predicted octanol–water partition coefficient (Wildman–Crippen LogP) is 0.657. The summed E-state index contributed by atoms with van der Waals surface area (Å²) in [5.74, 6) is 0. The third-order valence-corrected chi connectivity index (χ3v) is 1.19. The molecule has 0 heterocycles. The molecular weight excluding hydrogens is 116 g/mol. The van der Waals surface area contributed by atoms with Crippen LogP contribution in [0.15, 0.2) is 0 Å². The van der Waals surface area contributed by atoms with Crippen molar-refractivity contribution in [2.75, 3.05) is 0 Å². The Labute approximate surface area is 56.8 Å². The van der Waals surface area contributed by atoms with Gasteiger partial charge in [-0.1, -0.05) is 13.3 Å². The maximum atomic E-state index is 9.00. The van der Waals surface area contributed by atoms with E-state index in [-0.39, 0.29) is 18.3 Å². The van der Waals surface area contributed by atoms with Crippen LogP contribution in [0.2, 0.25) is 0 Å². The summed E-state index contributed by atoms with van der Waals surface area (Å²) < 4.78 is 0. The number of hydrogen-bond acceptors (Lipinski definition) is 3. The monoisotopic (exact) mass is 134 g/mol. The van der Waals surface area contributed by atoms with E-state index in [0.717, 1.165) is 12.8 Å². The molecule has 0 aliphatic rings. The Kier molecular flexibility index (Phi) is 7.77. The van der Waals surface area contributed by atoms with E-state index in [2.05, 4.69) is 0 Å². The minimum absolute atomic E-state index is 0. The Balaban J connectivity index is 0. The number of rotatable bonds is 3. The lowest BCUT2D eigenvalue weighted by atomic mass is 10.1. The van der Waals surface area contributed by atoms with Gasteiger partial charge in [0.2, 0.25) is 0 Å². The highest BCUT2D eigenvalue weighted by Gasteiger charge is 2.05. The summed E-state index contributed by atoms with van der Waals surface area (Å²) in [6.45, 7) is 3.85. The van der Waals surface area contributed by atoms with E-state index in [1.807, 2.05) is 13.8 Å². The van der Waals surface area contributed by atoms with Gasteiger partial charge in [0.15, 0.2) is 0 Å². The van der Waals surface area contributed by atoms with Crippen molar-refractivity contribution in [3.8, 4) is 0 Å². The molecule has 6 N–H and O–H groups in total. The van der Waals surface area contributed by atoms with E-state index in [1.165, 1.54) is 0 Å². The summed E-state index contributed by atoms with van der Waals surface area (Å²) in [6.07, 6.45) is 1.51. The van der Waals surface area contributed by atoms with Crippen LogP contribution in [0.25, 0.3) is 0 Å². The molecule has 0 saturated heterocycles. The van der Waals surface area contributed by atoms with Crippen molar-refractivity contribution in [1.29, 1.82) is 0 Å². The third kappa shape index (κ3) is 5.76. The first-order chi connectivity index (χ1) is 3.68. The molecule has 3 heteroatoms. The van der Waals surface area contributed by atoms with Gasteiger partial charge >= 0.3 is 0 Å². The zero-order chi connectivity index (χ0) is 6.57. The maximum absolute atomic E-state index is 9.00. The lowest BCUT2D eigenvalue weighted by molar-refractivity contribution is 0.140. The van der Waals surface area contributed by atoms with Crippen LogP contribution in [0.3, 0.4) is 0 Å². The lowest BCUT2D eigenvalue weighted by Gasteiger charge is -2.11. The van der Waals surface area contributed by atoms with Crippen molar-refractivity contribution in [1.82, 2.24) is 6.15 Å². The highest BCUT2D eigenvalue weighted by Crippen LogP contribution is 1.97. The molecule has 0 rings (SSSR count). The molecule has 58 valence electrons. The molecule has 0 aromatic rings. The Morgan fingerprint density at radius 2 is 2.00 bits per heavy atom. The van der Waals surface area contributed by atoms with E-state index in [1.54, 1.807) is 0 Å². The summed E-state index contributed by atoms with van der Waals surface area (Å²) in [5.41, 5.74) is 5.37. The maximum Gasteiger partial charge on any atom is 0.0688 e. The molecule has 3 nitrogen and oxygen atoms in total. The molecule has 0 aromatic carbocycles. The molecule has 0 aromatic heterocycles. The second-order valence-corrected chi connectivity index (χ2v) is 2.22. The van der Waals surface area contributed by atoms with E-state index in [4.69, 9.17) is 10.8 Å². The van der Waals surface area contributed by atoms with Gasteiger partial charge in [-0.3, -0.25) is 0 Å². The quantitative estimate of drug-likeness (QED) is 0.530. The van der Waals surface area contributed by atoms with Crippen molar-refractivity contribution in [2.45, 2.75) is 38.8 Å². The van der Waals surface area contributed by atoms with Gasteiger partial charge in [0.25, 0.3) is 0 Å². The van der Waals surface area contributed by atoms with E-state index in [9.17, 15) is 0 Å². The van der Waals surface area contributed by atoms with Crippen molar-refractivity contribution in [3.05, 3.63) is 0 Å². The van der Waals surface area contributed by atoms with Gasteiger partial charge in [0, 0.05) is 6.04 Å². The van der Waals surface area contributed by atoms with Crippen molar-refractivity contribution in [2.24, 2.45) is 5.73 Å². The van der Waals surface area contributed by atoms with Gasteiger partial charge in [-0.25, -0.2) is 0 Å². The summed E-state index contributed by atoms with van der Waals surface area (Å²) in [7, 11) is 0. The van der Waals surface area contributed by atoms with Gasteiger partial charge < -0.3 is 17.0 Å². The fourth-order valence-electron chi connectivity index (χ4n) is 0.559. The summed E-state index contributed by atoms with van der Waals surface area (Å²) in [4.78, 5) is 0. The number of aliphatic hydroxyl groups is 1. The van der Waals surface area contributed by atoms with Gasteiger partial charge in [-0.15, -0.1) is 0 Å². The minimum atomic E-state index is -0.306. The van der Waals surface area contributed by atoms with Crippen molar-refractivity contribution >= 4 is 0 Å². The van der Waals surface area contributed by atoms with Crippen LogP contribution in [-0.4, -0.2) is 17.3 Å². The molecule has 0 radical (unpaired) electrons. The minimum Gasteiger partial charge on any atom is -0.392 e. The van der Waals surface area contributed by atoms with Gasteiger partial charge in [0.1, 0.15) is 0 Å². The standard InChI is InChI=1S/C6H15NO.H3N/c1-3-4-6(8)5(2)7;/h5-6,8H,3-4,7H2,1-2H3;1H3. The average Bonchev–Trinajstić information content (AvgIpc) is 1.67. The zero-order valence-electron chi connectivity index (χ0n) is 6.30. The first kappa shape index (κ1) is 11.6. The molecule has 9 heavy (non-hydrogen) atoms. The molecule has 2 atom stereocenters. The lowest BCUT2D eigenvalue weighted by Crippen LogP contribution is -2.30. The summed E-state index contributed by atoms with van der Waals surface area (Å²) >= 11 is 0. The second kappa shape index (κ2) is 6.01. The first-order valence-electron chi connectivity index (χ1n) is 3.12. The Morgan fingerprint density at radius 1 is 1.56 bits per heavy atom. The molecule has 2 unspecified atom stereocenters. The van der Waals surface area contributed by atoms with Crippen LogP contribution in [0.4, 0.5) is 0 Å². The Bertz CT molecular complexity index is 57.0. The van der Waals surface area contributed by atoms with Crippen LogP contribution < -0.4 is 11.9 Å². The number of nitrogens with two attached hydrogens (primary N) is 1. The molecule has 0 saturated carbocycles. The van der Waals surface area contributed by atoms with Gasteiger partial charge in [-0.2, -0.15) is 0 Å². The first-order valence-corrected chi connectivity index (χ1v) is 3.12. The van der Waals surface area contributed by atoms with E-state index >= 15 is 0 Å². The second-order valence-electron chi connectivity index (χ2n) is 2.22. The summed E-state index contributed by atoms with van der Waals surface area (Å²) in [6, 6.07) is -0.0741. The summed E-state index contributed by atoms with van der Waals surface area (Å²) in [5, 5.41) is 9.00. The normalized spacial score (nSPS) is 16.0. The molecule has 0 bridgehead atoms. The van der Waals surface area contributed by atoms with Gasteiger partial charge in [-0.05, 0) is 13.3 Å². The van der Waals surface area contributed by atoms with Crippen molar-refractivity contribution in [3.63, 3.8) is 0 Å².